The van der Waals surface area contributed by atoms with E-state index < -0.39 is 0 Å². The van der Waals surface area contributed by atoms with E-state index in [0.29, 0.717) is 6.42 Å². The second-order valence-corrected chi connectivity index (χ2v) is 16.6. The van der Waals surface area contributed by atoms with Crippen molar-refractivity contribution in [2.24, 2.45) is 4.99 Å². The Morgan fingerprint density at radius 1 is 0.365 bits per heavy atom. The maximum atomic E-state index is 5.14. The number of hydrogen-bond donors (Lipinski definition) is 0. The van der Waals surface area contributed by atoms with Crippen LogP contribution in [0.5, 0.6) is 0 Å². The molecule has 0 bridgehead atoms. The van der Waals surface area contributed by atoms with E-state index in [9.17, 15) is 0 Å². The molecule has 0 saturated heterocycles. The lowest BCUT2D eigenvalue weighted by Gasteiger charge is -2.19. The summed E-state index contributed by atoms with van der Waals surface area (Å²) in [6, 6.07) is 75.4. The summed E-state index contributed by atoms with van der Waals surface area (Å²) in [4.78, 5) is 5.14. The largest absolute Gasteiger partial charge is 0.309 e. The molecule has 3 heteroatoms. The lowest BCUT2D eigenvalue weighted by atomic mass is 9.84. The quantitative estimate of drug-likeness (QED) is 0.155. The number of aromatic nitrogens is 2. The van der Waals surface area contributed by atoms with Gasteiger partial charge in [0.05, 0.1) is 22.1 Å². The number of benzene rings is 10. The molecule has 10 aromatic carbocycles. The zero-order valence-electron chi connectivity index (χ0n) is 34.4. The first-order chi connectivity index (χ1) is 31.3. The molecule has 1 aliphatic heterocycles. The van der Waals surface area contributed by atoms with Crippen LogP contribution in [0.25, 0.3) is 110 Å². The topological polar surface area (TPSA) is 22.2 Å². The molecule has 3 nitrogen and oxygen atoms in total. The molecule has 0 aliphatic carbocycles. The van der Waals surface area contributed by atoms with Crippen LogP contribution in [0, 0.1) is 0 Å². The van der Waals surface area contributed by atoms with Gasteiger partial charge in [-0.05, 0) is 115 Å². The molecule has 3 heterocycles. The van der Waals surface area contributed by atoms with E-state index in [-0.39, 0.29) is 0 Å². The maximum absolute atomic E-state index is 5.14. The molecule has 13 rings (SSSR count). The fraction of sp³-hybridized carbons (Fsp3) is 0.0167. The molecule has 294 valence electrons. The molecule has 0 unspecified atom stereocenters. The number of allylic oxidation sites excluding steroid dienone is 3. The van der Waals surface area contributed by atoms with Crippen molar-refractivity contribution in [1.82, 2.24) is 9.13 Å². The fourth-order valence-corrected chi connectivity index (χ4v) is 10.5. The first-order valence-corrected chi connectivity index (χ1v) is 21.8. The second kappa shape index (κ2) is 14.2. The average Bonchev–Trinajstić information content (AvgIpc) is 3.74. The zero-order chi connectivity index (χ0) is 41.4. The van der Waals surface area contributed by atoms with Crippen molar-refractivity contribution in [2.45, 2.75) is 6.42 Å². The van der Waals surface area contributed by atoms with Gasteiger partial charge in [-0.1, -0.05) is 170 Å². The van der Waals surface area contributed by atoms with Crippen LogP contribution < -0.4 is 0 Å². The first kappa shape index (κ1) is 35.5. The van der Waals surface area contributed by atoms with Crippen molar-refractivity contribution in [3.05, 3.63) is 230 Å². The van der Waals surface area contributed by atoms with E-state index >= 15 is 0 Å². The normalized spacial score (nSPS) is 13.1. The van der Waals surface area contributed by atoms with E-state index in [1.165, 1.54) is 92.6 Å². The Kier molecular flexibility index (Phi) is 7.97. The first-order valence-electron chi connectivity index (χ1n) is 21.8. The molecule has 12 aromatic rings. The zero-order valence-corrected chi connectivity index (χ0v) is 34.4. The number of nitrogens with zero attached hydrogens (tertiary/aromatic N) is 3. The summed E-state index contributed by atoms with van der Waals surface area (Å²) in [6.07, 6.45) is 7.26. The van der Waals surface area contributed by atoms with Crippen LogP contribution in [0.4, 0.5) is 0 Å². The Bertz CT molecular complexity index is 3640. The molecule has 0 fully saturated rings. The highest BCUT2D eigenvalue weighted by molar-refractivity contribution is 6.27. The highest BCUT2D eigenvalue weighted by atomic mass is 15.0. The van der Waals surface area contributed by atoms with Crippen molar-refractivity contribution in [3.63, 3.8) is 0 Å². The summed E-state index contributed by atoms with van der Waals surface area (Å²) >= 11 is 0. The lowest BCUT2D eigenvalue weighted by molar-refractivity contribution is 1.13. The van der Waals surface area contributed by atoms with Crippen LogP contribution in [0.1, 0.15) is 17.5 Å². The van der Waals surface area contributed by atoms with Gasteiger partial charge in [0, 0.05) is 45.3 Å². The smallest absolute Gasteiger partial charge is 0.0541 e. The summed E-state index contributed by atoms with van der Waals surface area (Å²) in [5.41, 5.74) is 14.1. The Labute approximate surface area is 364 Å². The highest BCUT2D eigenvalue weighted by Crippen LogP contribution is 2.45. The van der Waals surface area contributed by atoms with Gasteiger partial charge in [0.2, 0.25) is 0 Å². The molecule has 0 radical (unpaired) electrons. The van der Waals surface area contributed by atoms with Crippen molar-refractivity contribution >= 4 is 93.3 Å². The molecule has 2 aromatic heterocycles. The minimum absolute atomic E-state index is 0.715. The monoisotopic (exact) mass is 801 g/mol. The molecule has 0 saturated carbocycles. The molecule has 0 N–H and O–H groups in total. The minimum atomic E-state index is 0.715. The van der Waals surface area contributed by atoms with Gasteiger partial charge in [-0.3, -0.25) is 4.99 Å². The van der Waals surface area contributed by atoms with Gasteiger partial charge in [0.1, 0.15) is 0 Å². The van der Waals surface area contributed by atoms with Gasteiger partial charge < -0.3 is 9.13 Å². The number of rotatable bonds is 5. The summed E-state index contributed by atoms with van der Waals surface area (Å²) in [5.74, 6) is 0. The summed E-state index contributed by atoms with van der Waals surface area (Å²) in [7, 11) is 0. The SMILES string of the molecule is C1=NC=C(c2cc(-n3c4ccccc4c4ccccc43)cc(-n3c4ccccc4c4ccccc43)c2)CC=C1c1c2ccccc2c(-c2cccc3ccccc23)c2ccccc12. The van der Waals surface area contributed by atoms with Crippen LogP contribution in [0.3, 0.4) is 0 Å². The van der Waals surface area contributed by atoms with Crippen LogP contribution in [-0.2, 0) is 0 Å². The van der Waals surface area contributed by atoms with Crippen LogP contribution in [-0.4, -0.2) is 15.3 Å². The molecular formula is C60H39N3. The number of aliphatic imine (C=N–C) groups is 1. The molecule has 0 atom stereocenters. The van der Waals surface area contributed by atoms with Gasteiger partial charge in [-0.2, -0.15) is 0 Å². The van der Waals surface area contributed by atoms with Gasteiger partial charge in [0.25, 0.3) is 0 Å². The van der Waals surface area contributed by atoms with Gasteiger partial charge >= 0.3 is 0 Å². The van der Waals surface area contributed by atoms with Crippen molar-refractivity contribution in [2.75, 3.05) is 0 Å². The van der Waals surface area contributed by atoms with Crippen molar-refractivity contribution in [3.8, 4) is 22.5 Å². The molecule has 0 amide bonds. The Morgan fingerprint density at radius 2 is 0.778 bits per heavy atom. The third-order valence-corrected chi connectivity index (χ3v) is 13.2. The van der Waals surface area contributed by atoms with E-state index in [2.05, 4.69) is 234 Å². The van der Waals surface area contributed by atoms with Gasteiger partial charge in [0.15, 0.2) is 0 Å². The summed E-state index contributed by atoms with van der Waals surface area (Å²) in [6.45, 7) is 0. The van der Waals surface area contributed by atoms with Gasteiger partial charge in [-0.25, -0.2) is 0 Å². The van der Waals surface area contributed by atoms with Crippen molar-refractivity contribution < 1.29 is 0 Å². The predicted octanol–water partition coefficient (Wildman–Crippen LogP) is 15.9. The van der Waals surface area contributed by atoms with E-state index in [1.807, 2.05) is 0 Å². The summed E-state index contributed by atoms with van der Waals surface area (Å²) in [5, 5.41) is 12.4. The highest BCUT2D eigenvalue weighted by Gasteiger charge is 2.21. The van der Waals surface area contributed by atoms with E-state index in [4.69, 9.17) is 4.99 Å². The molecular weight excluding hydrogens is 763 g/mol. The number of para-hydroxylation sites is 4. The number of hydrogen-bond acceptors (Lipinski definition) is 1. The van der Waals surface area contributed by atoms with Crippen molar-refractivity contribution in [1.29, 1.82) is 0 Å². The van der Waals surface area contributed by atoms with Gasteiger partial charge in [-0.15, -0.1) is 0 Å². The molecule has 63 heavy (non-hydrogen) atoms. The van der Waals surface area contributed by atoms with Crippen LogP contribution in [0.2, 0.25) is 0 Å². The van der Waals surface area contributed by atoms with E-state index in [0.717, 1.165) is 28.1 Å². The number of fused-ring (bicyclic) bond motifs is 9. The lowest BCUT2D eigenvalue weighted by Crippen LogP contribution is -2.01. The Hall–Kier alpha value is -8.27. The minimum Gasteiger partial charge on any atom is -0.309 e. The third-order valence-electron chi connectivity index (χ3n) is 13.2. The molecule has 1 aliphatic rings. The average molecular weight is 802 g/mol. The fourth-order valence-electron chi connectivity index (χ4n) is 10.5. The summed E-state index contributed by atoms with van der Waals surface area (Å²) < 4.78 is 4.87. The Balaban J connectivity index is 1.01. The predicted molar refractivity (Wildman–Crippen MR) is 269 cm³/mol. The molecule has 0 spiro atoms. The van der Waals surface area contributed by atoms with Crippen LogP contribution >= 0.6 is 0 Å². The Morgan fingerprint density at radius 3 is 1.29 bits per heavy atom. The van der Waals surface area contributed by atoms with E-state index in [1.54, 1.807) is 0 Å². The maximum Gasteiger partial charge on any atom is 0.0541 e. The third kappa shape index (κ3) is 5.50. The second-order valence-electron chi connectivity index (χ2n) is 16.6. The van der Waals surface area contributed by atoms with Crippen LogP contribution in [0.15, 0.2) is 224 Å². The standard InChI is InChI=1S/C60H39N3/c1-2-18-45-39(16-1)17-15-27-50(45)60-53-25-5-3-23-51(53)59(52-24-4-6-26-54(52)60)41-33-32-40(37-61-38-41)42-34-43(62-55-28-11-7-19-46(55)47-20-8-12-29-56(47)62)36-44(35-42)63-57-30-13-9-21-48(57)49-22-10-14-31-58(49)63/h1-31,33-38H,32H2.